The summed E-state index contributed by atoms with van der Waals surface area (Å²) in [5.41, 5.74) is 0.351. The first kappa shape index (κ1) is 14.5. The number of hydrogen-bond donors (Lipinski definition) is 3. The van der Waals surface area contributed by atoms with E-state index in [2.05, 4.69) is 14.9 Å². The van der Waals surface area contributed by atoms with E-state index in [1.165, 1.54) is 37.4 Å². The van der Waals surface area contributed by atoms with E-state index in [1.807, 2.05) is 0 Å². The Morgan fingerprint density at radius 3 is 2.45 bits per heavy atom. The molecule has 0 atom stereocenters. The molecule has 1 aromatic carbocycles. The van der Waals surface area contributed by atoms with E-state index < -0.39 is 20.0 Å². The number of rotatable bonds is 4. The zero-order chi connectivity index (χ0) is 15.0. The molecule has 0 bridgehead atoms. The van der Waals surface area contributed by atoms with Crippen molar-refractivity contribution >= 4 is 25.7 Å². The van der Waals surface area contributed by atoms with Gasteiger partial charge in [-0.15, -0.1) is 0 Å². The summed E-state index contributed by atoms with van der Waals surface area (Å²) in [7, 11) is -7.78. The zero-order valence-electron chi connectivity index (χ0n) is 10.4. The lowest BCUT2D eigenvalue weighted by Crippen LogP contribution is -2.17. The maximum absolute atomic E-state index is 12.0. The number of sulfonamides is 2. The Balaban J connectivity index is 2.46. The SMILES string of the molecule is Cc1c(NS(=O)(=O)c2ccn[nH]2)cccc1S(N)(=O)=O. The van der Waals surface area contributed by atoms with Gasteiger partial charge in [0.1, 0.15) is 0 Å². The summed E-state index contributed by atoms with van der Waals surface area (Å²) < 4.78 is 49.1. The van der Waals surface area contributed by atoms with Gasteiger partial charge in [0, 0.05) is 0 Å². The molecule has 0 spiro atoms. The molecule has 108 valence electrons. The van der Waals surface area contributed by atoms with E-state index in [1.54, 1.807) is 0 Å². The fourth-order valence-corrected chi connectivity index (χ4v) is 3.46. The van der Waals surface area contributed by atoms with Gasteiger partial charge < -0.3 is 0 Å². The summed E-state index contributed by atoms with van der Waals surface area (Å²) in [6, 6.07) is 5.43. The summed E-state index contributed by atoms with van der Waals surface area (Å²) in [5, 5.41) is 10.8. The number of nitrogens with one attached hydrogen (secondary N) is 2. The number of nitrogens with zero attached hydrogens (tertiary/aromatic N) is 1. The van der Waals surface area contributed by atoms with Crippen LogP contribution in [0.2, 0.25) is 0 Å². The van der Waals surface area contributed by atoms with Crippen molar-refractivity contribution in [1.82, 2.24) is 10.2 Å². The van der Waals surface area contributed by atoms with Gasteiger partial charge in [0.2, 0.25) is 10.0 Å². The van der Waals surface area contributed by atoms with E-state index >= 15 is 0 Å². The van der Waals surface area contributed by atoms with Crippen molar-refractivity contribution in [1.29, 1.82) is 0 Å². The Bertz CT molecular complexity index is 826. The standard InChI is InChI=1S/C10H12N4O4S2/c1-7-8(3-2-4-9(7)19(11,15)16)14-20(17,18)10-5-6-12-13-10/h2-6,14H,1H3,(H,12,13)(H2,11,15,16). The Labute approximate surface area is 116 Å². The average Bonchev–Trinajstić information content (AvgIpc) is 2.84. The second-order valence-corrected chi connectivity index (χ2v) is 7.18. The predicted octanol–water partition coefficient (Wildman–Crippen LogP) is 0.166. The van der Waals surface area contributed by atoms with Crippen LogP contribution in [0.4, 0.5) is 5.69 Å². The van der Waals surface area contributed by atoms with Crippen LogP contribution in [0.3, 0.4) is 0 Å². The maximum atomic E-state index is 12.0. The molecule has 0 radical (unpaired) electrons. The van der Waals surface area contributed by atoms with Crippen LogP contribution in [0.25, 0.3) is 0 Å². The van der Waals surface area contributed by atoms with Crippen LogP contribution in [-0.2, 0) is 20.0 Å². The van der Waals surface area contributed by atoms with Gasteiger partial charge in [-0.1, -0.05) is 6.07 Å². The fraction of sp³-hybridized carbons (Fsp3) is 0.100. The molecule has 4 N–H and O–H groups in total. The number of nitrogens with two attached hydrogens (primary N) is 1. The molecule has 0 aliphatic carbocycles. The average molecular weight is 316 g/mol. The van der Waals surface area contributed by atoms with Crippen molar-refractivity contribution in [2.45, 2.75) is 16.8 Å². The number of primary sulfonamides is 1. The molecule has 1 aromatic heterocycles. The van der Waals surface area contributed by atoms with Crippen LogP contribution >= 0.6 is 0 Å². The normalized spacial score (nSPS) is 12.3. The van der Waals surface area contributed by atoms with Gasteiger partial charge in [-0.3, -0.25) is 9.82 Å². The summed E-state index contributed by atoms with van der Waals surface area (Å²) in [6.07, 6.45) is 1.29. The number of aromatic nitrogens is 2. The van der Waals surface area contributed by atoms with E-state index in [0.29, 0.717) is 0 Å². The van der Waals surface area contributed by atoms with Gasteiger partial charge in [0.25, 0.3) is 10.0 Å². The third-order valence-corrected chi connectivity index (χ3v) is 4.95. The van der Waals surface area contributed by atoms with Gasteiger partial charge in [-0.25, -0.2) is 13.6 Å². The molecule has 0 saturated heterocycles. The molecule has 0 aliphatic heterocycles. The Morgan fingerprint density at radius 1 is 1.20 bits per heavy atom. The summed E-state index contributed by atoms with van der Waals surface area (Å²) in [5.74, 6) is 0. The minimum Gasteiger partial charge on any atom is -0.278 e. The molecule has 0 saturated carbocycles. The number of H-pyrrole nitrogens is 1. The largest absolute Gasteiger partial charge is 0.278 e. The minimum absolute atomic E-state index is 0.127. The summed E-state index contributed by atoms with van der Waals surface area (Å²) in [4.78, 5) is -0.137. The molecule has 0 unspecified atom stereocenters. The molecular formula is C10H12N4O4S2. The molecule has 10 heteroatoms. The topological polar surface area (TPSA) is 135 Å². The molecule has 2 rings (SSSR count). The monoisotopic (exact) mass is 316 g/mol. The van der Waals surface area contributed by atoms with Crippen molar-refractivity contribution in [3.05, 3.63) is 36.0 Å². The van der Waals surface area contributed by atoms with Crippen molar-refractivity contribution in [2.75, 3.05) is 4.72 Å². The third-order valence-electron chi connectivity index (χ3n) is 2.60. The zero-order valence-corrected chi connectivity index (χ0v) is 12.0. The van der Waals surface area contributed by atoms with E-state index in [0.717, 1.165) is 0 Å². The Kier molecular flexibility index (Phi) is 3.54. The van der Waals surface area contributed by atoms with Crippen LogP contribution in [0, 0.1) is 6.92 Å². The van der Waals surface area contributed by atoms with E-state index in [9.17, 15) is 16.8 Å². The molecule has 8 nitrogen and oxygen atoms in total. The number of anilines is 1. The van der Waals surface area contributed by atoms with Gasteiger partial charge in [-0.05, 0) is 30.7 Å². The van der Waals surface area contributed by atoms with Crippen LogP contribution in [-0.4, -0.2) is 27.0 Å². The van der Waals surface area contributed by atoms with Crippen molar-refractivity contribution < 1.29 is 16.8 Å². The van der Waals surface area contributed by atoms with Crippen LogP contribution in [0.15, 0.2) is 40.4 Å². The molecule has 0 amide bonds. The number of aromatic amines is 1. The fourth-order valence-electron chi connectivity index (χ4n) is 1.63. The summed E-state index contributed by atoms with van der Waals surface area (Å²) in [6.45, 7) is 1.46. The predicted molar refractivity (Wildman–Crippen MR) is 71.9 cm³/mol. The molecule has 0 aliphatic rings. The second-order valence-electron chi connectivity index (χ2n) is 4.00. The van der Waals surface area contributed by atoms with Crippen LogP contribution < -0.4 is 9.86 Å². The van der Waals surface area contributed by atoms with Crippen LogP contribution in [0.1, 0.15) is 5.56 Å². The van der Waals surface area contributed by atoms with E-state index in [4.69, 9.17) is 5.14 Å². The van der Waals surface area contributed by atoms with Gasteiger partial charge in [0.05, 0.1) is 16.8 Å². The quantitative estimate of drug-likeness (QED) is 0.738. The molecular weight excluding hydrogens is 304 g/mol. The lowest BCUT2D eigenvalue weighted by molar-refractivity contribution is 0.594. The van der Waals surface area contributed by atoms with Gasteiger partial charge in [0.15, 0.2) is 5.03 Å². The minimum atomic E-state index is -3.92. The Hall–Kier alpha value is -1.91. The molecule has 1 heterocycles. The lowest BCUT2D eigenvalue weighted by Gasteiger charge is -2.11. The summed E-state index contributed by atoms with van der Waals surface area (Å²) >= 11 is 0. The van der Waals surface area contributed by atoms with Crippen molar-refractivity contribution in [3.63, 3.8) is 0 Å². The first-order chi connectivity index (χ1) is 9.22. The number of hydrogen-bond acceptors (Lipinski definition) is 5. The number of benzene rings is 1. The molecule has 20 heavy (non-hydrogen) atoms. The van der Waals surface area contributed by atoms with E-state index in [-0.39, 0.29) is 21.2 Å². The first-order valence-corrected chi connectivity index (χ1v) is 8.39. The highest BCUT2D eigenvalue weighted by molar-refractivity contribution is 7.92. The second kappa shape index (κ2) is 4.89. The highest BCUT2D eigenvalue weighted by Gasteiger charge is 2.19. The smallest absolute Gasteiger partial charge is 0.278 e. The molecule has 2 aromatic rings. The van der Waals surface area contributed by atoms with Crippen molar-refractivity contribution in [2.24, 2.45) is 5.14 Å². The van der Waals surface area contributed by atoms with Crippen molar-refractivity contribution in [3.8, 4) is 0 Å². The highest BCUT2D eigenvalue weighted by atomic mass is 32.2. The van der Waals surface area contributed by atoms with Crippen LogP contribution in [0.5, 0.6) is 0 Å². The van der Waals surface area contributed by atoms with Gasteiger partial charge in [-0.2, -0.15) is 13.5 Å². The maximum Gasteiger partial charge on any atom is 0.278 e. The molecule has 0 fully saturated rings. The Morgan fingerprint density at radius 2 is 1.90 bits per heavy atom. The first-order valence-electron chi connectivity index (χ1n) is 5.36. The third kappa shape index (κ3) is 2.81. The van der Waals surface area contributed by atoms with Gasteiger partial charge >= 0.3 is 0 Å². The lowest BCUT2D eigenvalue weighted by atomic mass is 10.2. The highest BCUT2D eigenvalue weighted by Crippen LogP contribution is 2.24.